The minimum atomic E-state index is -0.546. The van der Waals surface area contributed by atoms with Crippen molar-refractivity contribution in [3.63, 3.8) is 0 Å². The van der Waals surface area contributed by atoms with Crippen LogP contribution in [0.2, 0.25) is 0 Å². The van der Waals surface area contributed by atoms with Gasteiger partial charge in [0.15, 0.2) is 5.78 Å². The smallest absolute Gasteiger partial charge is 0.262 e. The Hall–Kier alpha value is -2.47. The molecule has 0 spiro atoms. The second-order valence-electron chi connectivity index (χ2n) is 5.91. The number of rotatable bonds is 4. The van der Waals surface area contributed by atoms with E-state index in [-0.39, 0.29) is 23.6 Å². The molecule has 1 aliphatic heterocycles. The lowest BCUT2D eigenvalue weighted by atomic mass is 10.2. The molecular weight excluding hydrogens is 324 g/mol. The molecular formula is C18H18N2O3S. The van der Waals surface area contributed by atoms with Crippen LogP contribution in [0.5, 0.6) is 0 Å². The van der Waals surface area contributed by atoms with E-state index >= 15 is 0 Å². The van der Waals surface area contributed by atoms with Crippen LogP contribution in [0.15, 0.2) is 41.8 Å². The zero-order valence-electron chi connectivity index (χ0n) is 13.5. The van der Waals surface area contributed by atoms with Crippen molar-refractivity contribution in [2.75, 3.05) is 4.90 Å². The van der Waals surface area contributed by atoms with Gasteiger partial charge in [0, 0.05) is 22.7 Å². The van der Waals surface area contributed by atoms with Gasteiger partial charge in [-0.1, -0.05) is 18.2 Å². The van der Waals surface area contributed by atoms with E-state index in [2.05, 4.69) is 5.32 Å². The first-order valence-corrected chi connectivity index (χ1v) is 8.64. The largest absolute Gasteiger partial charge is 0.339 e. The number of para-hydroxylation sites is 1. The summed E-state index contributed by atoms with van der Waals surface area (Å²) in [6, 6.07) is 10.5. The van der Waals surface area contributed by atoms with E-state index in [0.29, 0.717) is 16.9 Å². The molecule has 2 atom stereocenters. The second kappa shape index (κ2) is 6.57. The Morgan fingerprint density at radius 3 is 2.58 bits per heavy atom. The number of anilines is 1. The second-order valence-corrected chi connectivity index (χ2v) is 6.82. The maximum absolute atomic E-state index is 12.7. The quantitative estimate of drug-likeness (QED) is 0.869. The van der Waals surface area contributed by atoms with E-state index in [9.17, 15) is 14.4 Å². The molecule has 1 fully saturated rings. The zero-order valence-corrected chi connectivity index (χ0v) is 14.3. The van der Waals surface area contributed by atoms with Crippen molar-refractivity contribution >= 4 is 34.6 Å². The number of Topliss-reactive ketones (excluding diaryl/α,β-unsaturated/α-hetero) is 1. The van der Waals surface area contributed by atoms with Crippen LogP contribution in [0, 0.1) is 0 Å². The van der Waals surface area contributed by atoms with Crippen molar-refractivity contribution in [1.29, 1.82) is 0 Å². The molecule has 1 aliphatic rings. The molecule has 2 aromatic rings. The molecule has 0 saturated carbocycles. The van der Waals surface area contributed by atoms with Crippen LogP contribution in [-0.2, 0) is 4.79 Å². The number of benzene rings is 1. The predicted molar refractivity (Wildman–Crippen MR) is 93.6 cm³/mol. The summed E-state index contributed by atoms with van der Waals surface area (Å²) in [5, 5.41) is 4.46. The van der Waals surface area contributed by atoms with E-state index < -0.39 is 6.04 Å². The summed E-state index contributed by atoms with van der Waals surface area (Å²) in [7, 11) is 0. The number of carbonyl (C=O) groups is 3. The summed E-state index contributed by atoms with van der Waals surface area (Å²) in [5.41, 5.74) is 1.35. The molecule has 2 amide bonds. The molecule has 1 N–H and O–H groups in total. The molecule has 0 aliphatic carbocycles. The molecule has 0 radical (unpaired) electrons. The molecule has 24 heavy (non-hydrogen) atoms. The van der Waals surface area contributed by atoms with Gasteiger partial charge in [-0.2, -0.15) is 0 Å². The molecule has 1 saturated heterocycles. The van der Waals surface area contributed by atoms with Crippen molar-refractivity contribution < 1.29 is 14.4 Å². The van der Waals surface area contributed by atoms with Crippen LogP contribution < -0.4 is 10.2 Å². The maximum Gasteiger partial charge on any atom is 0.262 e. The fourth-order valence-electron chi connectivity index (χ4n) is 2.89. The SMILES string of the molecule is CC(=O)c1csc(C(=O)N[C@H]2C[C@@H](C)N(c3ccccc3)C2=O)c1. The lowest BCUT2D eigenvalue weighted by Gasteiger charge is -2.21. The van der Waals surface area contributed by atoms with E-state index in [1.165, 1.54) is 18.3 Å². The van der Waals surface area contributed by atoms with Crippen molar-refractivity contribution in [3.05, 3.63) is 52.2 Å². The van der Waals surface area contributed by atoms with Gasteiger partial charge in [-0.25, -0.2) is 0 Å². The highest BCUT2D eigenvalue weighted by Crippen LogP contribution is 2.27. The Balaban J connectivity index is 1.73. The number of nitrogens with zero attached hydrogens (tertiary/aromatic N) is 1. The number of nitrogens with one attached hydrogen (secondary N) is 1. The van der Waals surface area contributed by atoms with Crippen LogP contribution in [0.25, 0.3) is 0 Å². The Morgan fingerprint density at radius 2 is 1.96 bits per heavy atom. The number of amides is 2. The molecule has 5 nitrogen and oxygen atoms in total. The van der Waals surface area contributed by atoms with Gasteiger partial charge >= 0.3 is 0 Å². The summed E-state index contributed by atoms with van der Waals surface area (Å²) < 4.78 is 0. The van der Waals surface area contributed by atoms with Crippen LogP contribution in [0.4, 0.5) is 5.69 Å². The minimum absolute atomic E-state index is 0.0151. The number of carbonyl (C=O) groups excluding carboxylic acids is 3. The van der Waals surface area contributed by atoms with Gasteiger partial charge in [0.25, 0.3) is 5.91 Å². The van der Waals surface area contributed by atoms with E-state index in [1.807, 2.05) is 37.3 Å². The first-order chi connectivity index (χ1) is 11.5. The lowest BCUT2D eigenvalue weighted by molar-refractivity contribution is -0.118. The molecule has 124 valence electrons. The van der Waals surface area contributed by atoms with Gasteiger partial charge in [-0.15, -0.1) is 11.3 Å². The third-order valence-corrected chi connectivity index (χ3v) is 5.05. The predicted octanol–water partition coefficient (Wildman–Crippen LogP) is 2.87. The van der Waals surface area contributed by atoms with Crippen LogP contribution >= 0.6 is 11.3 Å². The minimum Gasteiger partial charge on any atom is -0.339 e. The van der Waals surface area contributed by atoms with Crippen LogP contribution in [-0.4, -0.2) is 29.7 Å². The molecule has 0 unspecified atom stereocenters. The standard InChI is InChI=1S/C18H18N2O3S/c1-11-8-15(18(23)20(11)14-6-4-3-5-7-14)19-17(22)16-9-13(10-24-16)12(2)21/h3-7,9-11,15H,8H2,1-2H3,(H,19,22)/t11-,15+/m1/s1. The topological polar surface area (TPSA) is 66.5 Å². The third kappa shape index (κ3) is 3.10. The highest BCUT2D eigenvalue weighted by Gasteiger charge is 2.38. The van der Waals surface area contributed by atoms with Gasteiger partial charge in [0.05, 0.1) is 4.88 Å². The van der Waals surface area contributed by atoms with Gasteiger partial charge in [0.1, 0.15) is 6.04 Å². The van der Waals surface area contributed by atoms with Gasteiger partial charge in [-0.05, 0) is 38.5 Å². The molecule has 1 aromatic carbocycles. The third-order valence-electron chi connectivity index (χ3n) is 4.12. The Kier molecular flexibility index (Phi) is 4.49. The van der Waals surface area contributed by atoms with Crippen LogP contribution in [0.3, 0.4) is 0 Å². The number of ketones is 1. The number of hydrogen-bond acceptors (Lipinski definition) is 4. The average molecular weight is 342 g/mol. The first kappa shape index (κ1) is 16.4. The number of hydrogen-bond donors (Lipinski definition) is 1. The molecule has 0 bridgehead atoms. The number of thiophene rings is 1. The Morgan fingerprint density at radius 1 is 1.25 bits per heavy atom. The van der Waals surface area contributed by atoms with Gasteiger partial charge in [-0.3, -0.25) is 14.4 Å². The molecule has 6 heteroatoms. The summed E-state index contributed by atoms with van der Waals surface area (Å²) in [6.07, 6.45) is 0.560. The average Bonchev–Trinajstić information content (AvgIpc) is 3.14. The summed E-state index contributed by atoms with van der Waals surface area (Å²) in [6.45, 7) is 3.43. The van der Waals surface area contributed by atoms with Gasteiger partial charge in [0.2, 0.25) is 5.91 Å². The highest BCUT2D eigenvalue weighted by atomic mass is 32.1. The van der Waals surface area contributed by atoms with Crippen molar-refractivity contribution in [1.82, 2.24) is 5.32 Å². The lowest BCUT2D eigenvalue weighted by Crippen LogP contribution is -2.41. The Labute approximate surface area is 144 Å². The van der Waals surface area contributed by atoms with Crippen molar-refractivity contribution in [2.24, 2.45) is 0 Å². The normalized spacial score (nSPS) is 20.2. The summed E-state index contributed by atoms with van der Waals surface area (Å²) in [4.78, 5) is 38.5. The first-order valence-electron chi connectivity index (χ1n) is 7.76. The summed E-state index contributed by atoms with van der Waals surface area (Å²) >= 11 is 1.21. The fraction of sp³-hybridized carbons (Fsp3) is 0.278. The van der Waals surface area contributed by atoms with Crippen LogP contribution in [0.1, 0.15) is 40.3 Å². The van der Waals surface area contributed by atoms with Crippen molar-refractivity contribution in [2.45, 2.75) is 32.4 Å². The molecule has 2 heterocycles. The van der Waals surface area contributed by atoms with E-state index in [0.717, 1.165) is 5.69 Å². The summed E-state index contributed by atoms with van der Waals surface area (Å²) in [5.74, 6) is -0.496. The molecule has 1 aromatic heterocycles. The van der Waals surface area contributed by atoms with Crippen molar-refractivity contribution in [3.8, 4) is 0 Å². The molecule has 3 rings (SSSR count). The highest BCUT2D eigenvalue weighted by molar-refractivity contribution is 7.12. The monoisotopic (exact) mass is 342 g/mol. The van der Waals surface area contributed by atoms with E-state index in [4.69, 9.17) is 0 Å². The van der Waals surface area contributed by atoms with Gasteiger partial charge < -0.3 is 10.2 Å². The fourth-order valence-corrected chi connectivity index (χ4v) is 3.74. The Bertz CT molecular complexity index is 785. The maximum atomic E-state index is 12.7. The van der Waals surface area contributed by atoms with E-state index in [1.54, 1.807) is 16.3 Å². The zero-order chi connectivity index (χ0) is 17.3.